The molecule has 0 atom stereocenters. The van der Waals surface area contributed by atoms with E-state index >= 15 is 0 Å². The molecule has 1 heterocycles. The molecular weight excluding hydrogens is 212 g/mol. The number of hydrogen-bond donors (Lipinski definition) is 2. The second-order valence-corrected chi connectivity index (χ2v) is 3.68. The van der Waals surface area contributed by atoms with Gasteiger partial charge in [0.2, 0.25) is 0 Å². The van der Waals surface area contributed by atoms with Crippen LogP contribution in [-0.2, 0) is 4.74 Å². The van der Waals surface area contributed by atoms with Crippen LogP contribution in [0.5, 0.6) is 0 Å². The molecule has 1 aliphatic rings. The molecule has 1 fully saturated rings. The molecular formula is C10H13BFNO3. The van der Waals surface area contributed by atoms with Gasteiger partial charge in [-0.25, -0.2) is 4.39 Å². The summed E-state index contributed by atoms with van der Waals surface area (Å²) in [5, 5.41) is 17.8. The fourth-order valence-corrected chi connectivity index (χ4v) is 1.74. The smallest absolute Gasteiger partial charge is 0.423 e. The third-order valence-electron chi connectivity index (χ3n) is 2.64. The van der Waals surface area contributed by atoms with Gasteiger partial charge in [-0.05, 0) is 12.1 Å². The van der Waals surface area contributed by atoms with Crippen LogP contribution < -0.4 is 10.4 Å². The Labute approximate surface area is 93.4 Å². The van der Waals surface area contributed by atoms with Gasteiger partial charge < -0.3 is 19.7 Å². The fraction of sp³-hybridized carbons (Fsp3) is 0.400. The molecule has 0 bridgehead atoms. The SMILES string of the molecule is OB(O)c1ccc(N2CCOCC2)cc1F. The summed E-state index contributed by atoms with van der Waals surface area (Å²) in [5.74, 6) is -0.598. The molecule has 86 valence electrons. The number of benzene rings is 1. The molecule has 0 radical (unpaired) electrons. The van der Waals surface area contributed by atoms with E-state index in [1.54, 1.807) is 6.07 Å². The highest BCUT2D eigenvalue weighted by Gasteiger charge is 2.18. The van der Waals surface area contributed by atoms with Crippen molar-refractivity contribution >= 4 is 18.3 Å². The van der Waals surface area contributed by atoms with Crippen molar-refractivity contribution in [3.63, 3.8) is 0 Å². The molecule has 0 saturated carbocycles. The highest BCUT2D eigenvalue weighted by atomic mass is 19.1. The first-order chi connectivity index (χ1) is 7.68. The zero-order valence-corrected chi connectivity index (χ0v) is 8.77. The van der Waals surface area contributed by atoms with Gasteiger partial charge in [0.05, 0.1) is 13.2 Å². The average molecular weight is 225 g/mol. The van der Waals surface area contributed by atoms with Gasteiger partial charge in [0.15, 0.2) is 0 Å². The Hall–Kier alpha value is -1.11. The van der Waals surface area contributed by atoms with Gasteiger partial charge in [-0.1, -0.05) is 6.07 Å². The third kappa shape index (κ3) is 2.34. The van der Waals surface area contributed by atoms with Crippen molar-refractivity contribution in [2.24, 2.45) is 0 Å². The van der Waals surface area contributed by atoms with Crippen molar-refractivity contribution < 1.29 is 19.2 Å². The number of anilines is 1. The molecule has 2 N–H and O–H groups in total. The molecule has 6 heteroatoms. The lowest BCUT2D eigenvalue weighted by molar-refractivity contribution is 0.122. The molecule has 1 aromatic carbocycles. The van der Waals surface area contributed by atoms with Crippen LogP contribution in [0, 0.1) is 5.82 Å². The molecule has 2 rings (SSSR count). The third-order valence-corrected chi connectivity index (χ3v) is 2.64. The second kappa shape index (κ2) is 4.82. The molecule has 0 unspecified atom stereocenters. The van der Waals surface area contributed by atoms with Crippen LogP contribution in [0.25, 0.3) is 0 Å². The Morgan fingerprint density at radius 2 is 1.94 bits per heavy atom. The van der Waals surface area contributed by atoms with Crippen molar-refractivity contribution in [1.29, 1.82) is 0 Å². The quantitative estimate of drug-likeness (QED) is 0.656. The summed E-state index contributed by atoms with van der Waals surface area (Å²) in [6, 6.07) is 4.40. The number of nitrogens with zero attached hydrogens (tertiary/aromatic N) is 1. The number of hydrogen-bond acceptors (Lipinski definition) is 4. The molecule has 0 amide bonds. The van der Waals surface area contributed by atoms with E-state index in [2.05, 4.69) is 0 Å². The number of rotatable bonds is 2. The minimum absolute atomic E-state index is 0.1000. The van der Waals surface area contributed by atoms with Crippen molar-refractivity contribution in [2.45, 2.75) is 0 Å². The van der Waals surface area contributed by atoms with Gasteiger partial charge in [-0.2, -0.15) is 0 Å². The Morgan fingerprint density at radius 3 is 2.50 bits per heavy atom. The topological polar surface area (TPSA) is 52.9 Å². The maximum absolute atomic E-state index is 13.5. The van der Waals surface area contributed by atoms with Gasteiger partial charge in [0, 0.05) is 24.2 Å². The fourth-order valence-electron chi connectivity index (χ4n) is 1.74. The van der Waals surface area contributed by atoms with E-state index in [4.69, 9.17) is 14.8 Å². The first-order valence-electron chi connectivity index (χ1n) is 5.17. The minimum atomic E-state index is -1.77. The van der Waals surface area contributed by atoms with E-state index < -0.39 is 12.9 Å². The van der Waals surface area contributed by atoms with Gasteiger partial charge in [0.25, 0.3) is 0 Å². The zero-order valence-electron chi connectivity index (χ0n) is 8.77. The van der Waals surface area contributed by atoms with Gasteiger partial charge in [0.1, 0.15) is 5.82 Å². The standard InChI is InChI=1S/C10H13BFNO3/c12-10-7-8(1-2-9(10)11(14)15)13-3-5-16-6-4-13/h1-2,7,14-15H,3-6H2. The van der Waals surface area contributed by atoms with E-state index in [0.29, 0.717) is 13.2 Å². The Kier molecular flexibility index (Phi) is 3.43. The van der Waals surface area contributed by atoms with Crippen LogP contribution in [0.15, 0.2) is 18.2 Å². The Balaban J connectivity index is 2.19. The Morgan fingerprint density at radius 1 is 1.25 bits per heavy atom. The predicted molar refractivity (Wildman–Crippen MR) is 59.3 cm³/mol. The molecule has 1 saturated heterocycles. The number of morpholine rings is 1. The van der Waals surface area contributed by atoms with Crippen LogP contribution >= 0.6 is 0 Å². The summed E-state index contributed by atoms with van der Waals surface area (Å²) in [6.45, 7) is 2.71. The van der Waals surface area contributed by atoms with Crippen molar-refractivity contribution in [1.82, 2.24) is 0 Å². The summed E-state index contributed by atoms with van der Waals surface area (Å²) < 4.78 is 18.7. The molecule has 4 nitrogen and oxygen atoms in total. The normalized spacial score (nSPS) is 16.3. The lowest BCUT2D eigenvalue weighted by atomic mass is 9.80. The van der Waals surface area contributed by atoms with E-state index in [9.17, 15) is 4.39 Å². The summed E-state index contributed by atoms with van der Waals surface area (Å²) in [6.07, 6.45) is 0. The summed E-state index contributed by atoms with van der Waals surface area (Å²) in [7, 11) is -1.77. The van der Waals surface area contributed by atoms with Crippen LogP contribution in [0.4, 0.5) is 10.1 Å². The Bertz CT molecular complexity index is 369. The number of ether oxygens (including phenoxy) is 1. The van der Waals surface area contributed by atoms with Gasteiger partial charge in [-0.15, -0.1) is 0 Å². The van der Waals surface area contributed by atoms with E-state index in [1.165, 1.54) is 12.1 Å². The lowest BCUT2D eigenvalue weighted by Crippen LogP contribution is -2.37. The molecule has 1 aliphatic heterocycles. The molecule has 16 heavy (non-hydrogen) atoms. The van der Waals surface area contributed by atoms with E-state index in [-0.39, 0.29) is 5.46 Å². The first-order valence-corrected chi connectivity index (χ1v) is 5.17. The summed E-state index contributed by atoms with van der Waals surface area (Å²) >= 11 is 0. The first kappa shape index (κ1) is 11.4. The van der Waals surface area contributed by atoms with Crippen LogP contribution in [0.2, 0.25) is 0 Å². The van der Waals surface area contributed by atoms with Crippen molar-refractivity contribution in [3.8, 4) is 0 Å². The second-order valence-electron chi connectivity index (χ2n) is 3.68. The minimum Gasteiger partial charge on any atom is -0.423 e. The maximum Gasteiger partial charge on any atom is 0.491 e. The van der Waals surface area contributed by atoms with Crippen molar-refractivity contribution in [3.05, 3.63) is 24.0 Å². The monoisotopic (exact) mass is 225 g/mol. The highest BCUT2D eigenvalue weighted by Crippen LogP contribution is 2.15. The largest absolute Gasteiger partial charge is 0.491 e. The van der Waals surface area contributed by atoms with E-state index in [0.717, 1.165) is 18.8 Å². The molecule has 1 aromatic rings. The molecule has 0 aromatic heterocycles. The predicted octanol–water partition coefficient (Wildman–Crippen LogP) is -0.658. The maximum atomic E-state index is 13.5. The van der Waals surface area contributed by atoms with E-state index in [1.807, 2.05) is 4.90 Å². The average Bonchev–Trinajstić information content (AvgIpc) is 2.29. The van der Waals surface area contributed by atoms with Crippen LogP contribution in [-0.4, -0.2) is 43.5 Å². The lowest BCUT2D eigenvalue weighted by Gasteiger charge is -2.29. The van der Waals surface area contributed by atoms with Gasteiger partial charge in [-0.3, -0.25) is 0 Å². The highest BCUT2D eigenvalue weighted by molar-refractivity contribution is 6.58. The van der Waals surface area contributed by atoms with Gasteiger partial charge >= 0.3 is 7.12 Å². The molecule has 0 aliphatic carbocycles. The number of halogens is 1. The summed E-state index contributed by atoms with van der Waals surface area (Å²) in [5.41, 5.74) is 0.641. The van der Waals surface area contributed by atoms with Crippen molar-refractivity contribution in [2.75, 3.05) is 31.2 Å². The zero-order chi connectivity index (χ0) is 11.5. The van der Waals surface area contributed by atoms with Crippen LogP contribution in [0.3, 0.4) is 0 Å². The van der Waals surface area contributed by atoms with Crippen LogP contribution in [0.1, 0.15) is 0 Å². The summed E-state index contributed by atoms with van der Waals surface area (Å²) in [4.78, 5) is 2.00. The molecule has 0 spiro atoms.